The number of amides is 1. The van der Waals surface area contributed by atoms with Crippen LogP contribution in [-0.2, 0) is 16.1 Å². The summed E-state index contributed by atoms with van der Waals surface area (Å²) in [7, 11) is 0. The number of ether oxygens (including phenoxy) is 2. The van der Waals surface area contributed by atoms with E-state index in [9.17, 15) is 4.79 Å². The fourth-order valence-corrected chi connectivity index (χ4v) is 5.16. The maximum atomic E-state index is 12.8. The molecule has 0 saturated carbocycles. The number of benzene rings is 2. The summed E-state index contributed by atoms with van der Waals surface area (Å²) in [5, 5.41) is 0. The van der Waals surface area contributed by atoms with Crippen molar-refractivity contribution >= 4 is 5.91 Å². The Balaban J connectivity index is 1.35. The summed E-state index contributed by atoms with van der Waals surface area (Å²) in [6.45, 7) is 6.48. The molecule has 1 spiro atoms. The number of nitrogens with zero attached hydrogens (tertiary/aromatic N) is 2. The first-order valence-electron chi connectivity index (χ1n) is 10.6. The first-order chi connectivity index (χ1) is 14.0. The topological polar surface area (TPSA) is 42.0 Å². The molecule has 3 atom stereocenters. The lowest BCUT2D eigenvalue weighted by Crippen LogP contribution is -2.47. The van der Waals surface area contributed by atoms with Crippen molar-refractivity contribution in [2.24, 2.45) is 0 Å². The first kappa shape index (κ1) is 18.6. The molecule has 3 heterocycles. The van der Waals surface area contributed by atoms with Gasteiger partial charge >= 0.3 is 0 Å². The van der Waals surface area contributed by atoms with Gasteiger partial charge in [-0.2, -0.15) is 0 Å². The van der Waals surface area contributed by atoms with Crippen LogP contribution in [0.25, 0.3) is 0 Å². The molecule has 0 unspecified atom stereocenters. The van der Waals surface area contributed by atoms with Gasteiger partial charge in [0.25, 0.3) is 0 Å². The molecule has 0 bridgehead atoms. The standard InChI is InChI=1S/C24H28N2O3/c1-17(2)28-20-10-6-7-18(13-20)15-25-12-11-24-22(25)14-23(27)26(24)16-21(29-24)19-8-4-3-5-9-19/h3-10,13,17,21-22H,11-12,14-16H2,1-2H3/t21-,22-,24+/m1/s1. The van der Waals surface area contributed by atoms with Crippen molar-refractivity contribution in [3.8, 4) is 5.75 Å². The number of carbonyl (C=O) groups is 1. The zero-order valence-electron chi connectivity index (χ0n) is 17.1. The van der Waals surface area contributed by atoms with E-state index in [-0.39, 0.29) is 24.2 Å². The molecule has 2 aromatic carbocycles. The van der Waals surface area contributed by atoms with E-state index in [1.165, 1.54) is 5.56 Å². The van der Waals surface area contributed by atoms with Crippen molar-refractivity contribution in [1.82, 2.24) is 9.80 Å². The van der Waals surface area contributed by atoms with Gasteiger partial charge in [-0.3, -0.25) is 9.69 Å². The molecule has 3 fully saturated rings. The van der Waals surface area contributed by atoms with E-state index >= 15 is 0 Å². The largest absolute Gasteiger partial charge is 0.491 e. The highest BCUT2D eigenvalue weighted by Crippen LogP contribution is 2.50. The van der Waals surface area contributed by atoms with E-state index in [0.29, 0.717) is 13.0 Å². The van der Waals surface area contributed by atoms with E-state index in [0.717, 1.165) is 30.8 Å². The average molecular weight is 392 g/mol. The Hall–Kier alpha value is -2.37. The lowest BCUT2D eigenvalue weighted by Gasteiger charge is -2.32. The van der Waals surface area contributed by atoms with Crippen LogP contribution >= 0.6 is 0 Å². The van der Waals surface area contributed by atoms with Crippen molar-refractivity contribution in [2.75, 3.05) is 13.1 Å². The third-order valence-corrected chi connectivity index (χ3v) is 6.37. The Bertz CT molecular complexity index is 900. The molecule has 3 aliphatic heterocycles. The van der Waals surface area contributed by atoms with E-state index in [4.69, 9.17) is 9.47 Å². The molecule has 0 radical (unpaired) electrons. The van der Waals surface area contributed by atoms with Gasteiger partial charge in [-0.15, -0.1) is 0 Å². The lowest BCUT2D eigenvalue weighted by atomic mass is 10.1. The van der Waals surface area contributed by atoms with E-state index in [2.05, 4.69) is 29.2 Å². The second kappa shape index (κ2) is 7.15. The predicted molar refractivity (Wildman–Crippen MR) is 110 cm³/mol. The SMILES string of the molecule is CC(C)Oc1cccc(CN2CC[C@@]34O[C@@H](c5ccccc5)CN3C(=O)C[C@@H]24)c1. The molecule has 0 N–H and O–H groups in total. The minimum Gasteiger partial charge on any atom is -0.491 e. The molecule has 5 rings (SSSR count). The van der Waals surface area contributed by atoms with Crippen LogP contribution in [0.3, 0.4) is 0 Å². The lowest BCUT2D eigenvalue weighted by molar-refractivity contribution is -0.138. The Morgan fingerprint density at radius 1 is 1.17 bits per heavy atom. The zero-order chi connectivity index (χ0) is 20.0. The summed E-state index contributed by atoms with van der Waals surface area (Å²) < 4.78 is 12.5. The van der Waals surface area contributed by atoms with Crippen LogP contribution in [0, 0.1) is 0 Å². The Labute approximate surface area is 172 Å². The highest BCUT2D eigenvalue weighted by Gasteiger charge is 2.63. The number of carbonyl (C=O) groups excluding carboxylic acids is 1. The van der Waals surface area contributed by atoms with Gasteiger partial charge in [0.15, 0.2) is 5.72 Å². The van der Waals surface area contributed by atoms with Crippen LogP contribution in [-0.4, -0.2) is 46.7 Å². The van der Waals surface area contributed by atoms with Crippen molar-refractivity contribution in [1.29, 1.82) is 0 Å². The van der Waals surface area contributed by atoms with Gasteiger partial charge < -0.3 is 14.4 Å². The monoisotopic (exact) mass is 392 g/mol. The van der Waals surface area contributed by atoms with Crippen molar-refractivity contribution in [3.63, 3.8) is 0 Å². The van der Waals surface area contributed by atoms with E-state index in [1.54, 1.807) is 0 Å². The number of hydrogen-bond acceptors (Lipinski definition) is 4. The van der Waals surface area contributed by atoms with Gasteiger partial charge in [-0.1, -0.05) is 42.5 Å². The number of rotatable bonds is 5. The van der Waals surface area contributed by atoms with Crippen LogP contribution in [0.5, 0.6) is 5.75 Å². The highest BCUT2D eigenvalue weighted by atomic mass is 16.5. The zero-order valence-corrected chi connectivity index (χ0v) is 17.1. The second-order valence-corrected chi connectivity index (χ2v) is 8.62. The molecule has 0 aliphatic carbocycles. The Morgan fingerprint density at radius 3 is 2.79 bits per heavy atom. The maximum Gasteiger partial charge on any atom is 0.226 e. The molecular weight excluding hydrogens is 364 g/mol. The summed E-state index contributed by atoms with van der Waals surface area (Å²) in [5.74, 6) is 1.12. The second-order valence-electron chi connectivity index (χ2n) is 8.62. The third-order valence-electron chi connectivity index (χ3n) is 6.37. The fourth-order valence-electron chi connectivity index (χ4n) is 5.16. The maximum absolute atomic E-state index is 12.8. The molecule has 152 valence electrons. The van der Waals surface area contributed by atoms with Gasteiger partial charge in [0, 0.05) is 25.9 Å². The summed E-state index contributed by atoms with van der Waals surface area (Å²) in [5.41, 5.74) is 1.90. The Morgan fingerprint density at radius 2 is 2.00 bits per heavy atom. The van der Waals surface area contributed by atoms with Crippen LogP contribution in [0.2, 0.25) is 0 Å². The van der Waals surface area contributed by atoms with Crippen molar-refractivity contribution in [2.45, 2.75) is 57.2 Å². The normalized spacial score (nSPS) is 28.8. The van der Waals surface area contributed by atoms with Gasteiger partial charge in [-0.25, -0.2) is 0 Å². The van der Waals surface area contributed by atoms with E-state index in [1.807, 2.05) is 49.1 Å². The predicted octanol–water partition coefficient (Wildman–Crippen LogP) is 3.75. The van der Waals surface area contributed by atoms with E-state index < -0.39 is 5.72 Å². The van der Waals surface area contributed by atoms with Crippen LogP contribution < -0.4 is 4.74 Å². The van der Waals surface area contributed by atoms with Crippen LogP contribution in [0.15, 0.2) is 54.6 Å². The van der Waals surface area contributed by atoms with Crippen LogP contribution in [0.4, 0.5) is 0 Å². The molecule has 29 heavy (non-hydrogen) atoms. The first-order valence-corrected chi connectivity index (χ1v) is 10.6. The molecule has 0 aromatic heterocycles. The van der Waals surface area contributed by atoms with Crippen molar-refractivity contribution in [3.05, 3.63) is 65.7 Å². The minimum absolute atomic E-state index is 0.0364. The molecule has 1 amide bonds. The van der Waals surface area contributed by atoms with Gasteiger partial charge in [0.05, 0.1) is 18.7 Å². The molecule has 5 nitrogen and oxygen atoms in total. The van der Waals surface area contributed by atoms with Gasteiger partial charge in [0.2, 0.25) is 5.91 Å². The van der Waals surface area contributed by atoms with Gasteiger partial charge in [-0.05, 0) is 37.1 Å². The average Bonchev–Trinajstić information content (AvgIpc) is 3.32. The van der Waals surface area contributed by atoms with Crippen molar-refractivity contribution < 1.29 is 14.3 Å². The Kier molecular flexibility index (Phi) is 4.60. The quantitative estimate of drug-likeness (QED) is 0.777. The molecular formula is C24H28N2O3. The highest BCUT2D eigenvalue weighted by molar-refractivity contribution is 5.81. The fraction of sp³-hybridized carbons (Fsp3) is 0.458. The molecule has 2 aromatic rings. The summed E-state index contributed by atoms with van der Waals surface area (Å²) in [6, 6.07) is 18.7. The molecule has 3 saturated heterocycles. The smallest absolute Gasteiger partial charge is 0.226 e. The third kappa shape index (κ3) is 3.22. The van der Waals surface area contributed by atoms with Gasteiger partial charge in [0.1, 0.15) is 11.9 Å². The summed E-state index contributed by atoms with van der Waals surface area (Å²) in [4.78, 5) is 17.2. The summed E-state index contributed by atoms with van der Waals surface area (Å²) in [6.07, 6.45) is 1.53. The number of hydrogen-bond donors (Lipinski definition) is 0. The van der Waals surface area contributed by atoms with Crippen LogP contribution in [0.1, 0.15) is 43.9 Å². The summed E-state index contributed by atoms with van der Waals surface area (Å²) >= 11 is 0. The molecule has 3 aliphatic rings. The molecule has 5 heteroatoms. The number of likely N-dealkylation sites (tertiary alicyclic amines) is 1. The minimum atomic E-state index is -0.469.